The Morgan fingerprint density at radius 3 is 1.31 bits per heavy atom. The first-order valence-electron chi connectivity index (χ1n) is 9.37. The normalized spacial score (nSPS) is 10.4. The molecule has 4 heteroatoms. The van der Waals surface area contributed by atoms with E-state index in [1.54, 1.807) is 14.2 Å². The van der Waals surface area contributed by atoms with Gasteiger partial charge < -0.3 is 14.4 Å². The quantitative estimate of drug-likeness (QED) is 0.396. The van der Waals surface area contributed by atoms with E-state index in [9.17, 15) is 0 Å². The number of nitrogens with zero attached hydrogens (tertiary/aromatic N) is 2. The van der Waals surface area contributed by atoms with Gasteiger partial charge in [-0.3, -0.25) is 4.98 Å². The van der Waals surface area contributed by atoms with E-state index in [-0.39, 0.29) is 0 Å². The Bertz CT molecular complexity index is 997. The zero-order valence-corrected chi connectivity index (χ0v) is 16.4. The average Bonchev–Trinajstić information content (AvgIpc) is 2.81. The Balaban J connectivity index is 1.74. The van der Waals surface area contributed by atoms with Crippen molar-refractivity contribution in [1.29, 1.82) is 0 Å². The molecule has 0 N–H and O–H groups in total. The predicted molar refractivity (Wildman–Crippen MR) is 117 cm³/mol. The number of aromatic nitrogens is 1. The Kier molecular flexibility index (Phi) is 5.43. The van der Waals surface area contributed by atoms with E-state index in [0.29, 0.717) is 0 Å². The number of hydrogen-bond donors (Lipinski definition) is 0. The highest BCUT2D eigenvalue weighted by Crippen LogP contribution is 2.36. The molecule has 0 fully saturated rings. The second kappa shape index (κ2) is 8.48. The van der Waals surface area contributed by atoms with Gasteiger partial charge in [0.25, 0.3) is 0 Å². The first kappa shape index (κ1) is 18.6. The molecule has 4 nitrogen and oxygen atoms in total. The number of ether oxygens (including phenoxy) is 2. The van der Waals surface area contributed by atoms with Crippen LogP contribution in [0.5, 0.6) is 11.5 Å². The second-order valence-corrected chi connectivity index (χ2v) is 6.51. The molecule has 0 unspecified atom stereocenters. The summed E-state index contributed by atoms with van der Waals surface area (Å²) >= 11 is 0. The van der Waals surface area contributed by atoms with Crippen LogP contribution in [0.25, 0.3) is 11.1 Å². The first-order valence-corrected chi connectivity index (χ1v) is 9.37. The smallest absolute Gasteiger partial charge is 0.119 e. The first-order chi connectivity index (χ1) is 14.3. The number of hydrogen-bond acceptors (Lipinski definition) is 4. The van der Waals surface area contributed by atoms with Crippen LogP contribution in [0.15, 0.2) is 97.3 Å². The molecular weight excluding hydrogens is 360 g/mol. The Morgan fingerprint density at radius 2 is 0.897 bits per heavy atom. The van der Waals surface area contributed by atoms with Gasteiger partial charge in [0.15, 0.2) is 0 Å². The van der Waals surface area contributed by atoms with Crippen LogP contribution in [0.2, 0.25) is 0 Å². The highest BCUT2D eigenvalue weighted by molar-refractivity contribution is 5.78. The molecule has 0 bridgehead atoms. The summed E-state index contributed by atoms with van der Waals surface area (Å²) in [5, 5.41) is 0. The van der Waals surface area contributed by atoms with Crippen LogP contribution in [0.4, 0.5) is 17.1 Å². The van der Waals surface area contributed by atoms with Crippen molar-refractivity contribution >= 4 is 17.1 Å². The second-order valence-electron chi connectivity index (χ2n) is 6.51. The predicted octanol–water partition coefficient (Wildman–Crippen LogP) is 6.24. The molecule has 4 aromatic rings. The maximum Gasteiger partial charge on any atom is 0.119 e. The fraction of sp³-hybridized carbons (Fsp3) is 0.0800. The fourth-order valence-electron chi connectivity index (χ4n) is 3.26. The maximum atomic E-state index is 5.32. The number of anilines is 3. The van der Waals surface area contributed by atoms with Gasteiger partial charge in [-0.25, -0.2) is 0 Å². The minimum absolute atomic E-state index is 0.830. The fourth-order valence-corrected chi connectivity index (χ4v) is 3.26. The van der Waals surface area contributed by atoms with Gasteiger partial charge in [-0.2, -0.15) is 0 Å². The summed E-state index contributed by atoms with van der Waals surface area (Å²) in [7, 11) is 3.35. The van der Waals surface area contributed by atoms with Crippen LogP contribution in [-0.4, -0.2) is 19.2 Å². The molecule has 3 aromatic carbocycles. The molecule has 0 saturated heterocycles. The number of benzene rings is 3. The number of methoxy groups -OCH3 is 2. The van der Waals surface area contributed by atoms with Gasteiger partial charge >= 0.3 is 0 Å². The van der Waals surface area contributed by atoms with Crippen LogP contribution in [0, 0.1) is 0 Å². The lowest BCUT2D eigenvalue weighted by Crippen LogP contribution is -2.09. The standard InChI is InChI=1S/C25H22N2O2/c1-28-24-11-7-22(8-12-24)27(23-9-13-25(29-2)14-10-23)21-5-3-19(4-6-21)20-15-17-26-18-16-20/h3-18H,1-2H3. The van der Waals surface area contributed by atoms with Crippen molar-refractivity contribution in [2.45, 2.75) is 0 Å². The van der Waals surface area contributed by atoms with Crippen molar-refractivity contribution in [3.8, 4) is 22.6 Å². The van der Waals surface area contributed by atoms with Crippen molar-refractivity contribution in [2.24, 2.45) is 0 Å². The lowest BCUT2D eigenvalue weighted by Gasteiger charge is -2.26. The van der Waals surface area contributed by atoms with Gasteiger partial charge in [-0.1, -0.05) is 12.1 Å². The van der Waals surface area contributed by atoms with Crippen LogP contribution in [-0.2, 0) is 0 Å². The third-order valence-corrected chi connectivity index (χ3v) is 4.80. The van der Waals surface area contributed by atoms with Crippen molar-refractivity contribution in [3.05, 3.63) is 97.3 Å². The molecule has 4 rings (SSSR count). The van der Waals surface area contributed by atoms with Crippen molar-refractivity contribution in [1.82, 2.24) is 4.98 Å². The van der Waals surface area contributed by atoms with Gasteiger partial charge in [0.1, 0.15) is 11.5 Å². The van der Waals surface area contributed by atoms with Crippen LogP contribution in [0.1, 0.15) is 0 Å². The van der Waals surface area contributed by atoms with Gasteiger partial charge in [-0.05, 0) is 83.9 Å². The highest BCUT2D eigenvalue weighted by atomic mass is 16.5. The summed E-state index contributed by atoms with van der Waals surface area (Å²) in [6.07, 6.45) is 3.62. The molecule has 0 atom stereocenters. The van der Waals surface area contributed by atoms with Crippen molar-refractivity contribution in [2.75, 3.05) is 19.1 Å². The average molecular weight is 382 g/mol. The SMILES string of the molecule is COc1ccc(N(c2ccc(OC)cc2)c2ccc(-c3ccncc3)cc2)cc1. The molecule has 1 heterocycles. The summed E-state index contributed by atoms with van der Waals surface area (Å²) in [5.41, 5.74) is 5.46. The molecule has 144 valence electrons. The molecule has 0 aliphatic carbocycles. The molecule has 29 heavy (non-hydrogen) atoms. The van der Waals surface area contributed by atoms with Gasteiger partial charge in [0, 0.05) is 29.5 Å². The van der Waals surface area contributed by atoms with E-state index < -0.39 is 0 Å². The molecule has 1 aromatic heterocycles. The lowest BCUT2D eigenvalue weighted by atomic mass is 10.1. The Morgan fingerprint density at radius 1 is 0.517 bits per heavy atom. The Hall–Kier alpha value is -3.79. The topological polar surface area (TPSA) is 34.6 Å². The van der Waals surface area contributed by atoms with Gasteiger partial charge in [0.05, 0.1) is 14.2 Å². The van der Waals surface area contributed by atoms with E-state index >= 15 is 0 Å². The maximum absolute atomic E-state index is 5.32. The summed E-state index contributed by atoms with van der Waals surface area (Å²) in [6, 6.07) is 28.6. The van der Waals surface area contributed by atoms with Crippen LogP contribution >= 0.6 is 0 Å². The third-order valence-electron chi connectivity index (χ3n) is 4.80. The van der Waals surface area contributed by atoms with Crippen molar-refractivity contribution < 1.29 is 9.47 Å². The molecule has 0 aliphatic rings. The molecule has 0 aliphatic heterocycles. The Labute approximate surface area is 171 Å². The number of rotatable bonds is 6. The molecule has 0 radical (unpaired) electrons. The van der Waals surface area contributed by atoms with E-state index in [0.717, 1.165) is 39.7 Å². The molecule has 0 saturated carbocycles. The molecule has 0 spiro atoms. The minimum atomic E-state index is 0.830. The summed E-state index contributed by atoms with van der Waals surface area (Å²) < 4.78 is 10.6. The summed E-state index contributed by atoms with van der Waals surface area (Å²) in [6.45, 7) is 0. The summed E-state index contributed by atoms with van der Waals surface area (Å²) in [5.74, 6) is 1.66. The van der Waals surface area contributed by atoms with Crippen molar-refractivity contribution in [3.63, 3.8) is 0 Å². The summed E-state index contributed by atoms with van der Waals surface area (Å²) in [4.78, 5) is 6.30. The van der Waals surface area contributed by atoms with Crippen LogP contribution < -0.4 is 14.4 Å². The third kappa shape index (κ3) is 4.06. The zero-order valence-electron chi connectivity index (χ0n) is 16.4. The highest BCUT2D eigenvalue weighted by Gasteiger charge is 2.13. The van der Waals surface area contributed by atoms with E-state index in [1.807, 2.05) is 48.8 Å². The van der Waals surface area contributed by atoms with Crippen LogP contribution in [0.3, 0.4) is 0 Å². The minimum Gasteiger partial charge on any atom is -0.497 e. The largest absolute Gasteiger partial charge is 0.497 e. The molecular formula is C25H22N2O2. The zero-order chi connectivity index (χ0) is 20.1. The molecule has 0 amide bonds. The number of pyridine rings is 1. The monoisotopic (exact) mass is 382 g/mol. The van der Waals surface area contributed by atoms with E-state index in [1.165, 1.54) is 0 Å². The lowest BCUT2D eigenvalue weighted by molar-refractivity contribution is 0.415. The van der Waals surface area contributed by atoms with Gasteiger partial charge in [0.2, 0.25) is 0 Å². The van der Waals surface area contributed by atoms with Gasteiger partial charge in [-0.15, -0.1) is 0 Å². The van der Waals surface area contributed by atoms with E-state index in [2.05, 4.69) is 58.4 Å². The van der Waals surface area contributed by atoms with E-state index in [4.69, 9.17) is 9.47 Å².